The molecule has 0 aliphatic carbocycles. The summed E-state index contributed by atoms with van der Waals surface area (Å²) >= 11 is 2.48. The van der Waals surface area contributed by atoms with Crippen molar-refractivity contribution >= 4 is 52.6 Å². The van der Waals surface area contributed by atoms with E-state index in [1.807, 2.05) is 22.8 Å². The first kappa shape index (κ1) is 13.7. The fourth-order valence-corrected chi connectivity index (χ4v) is 0.856. The molecule has 0 unspecified atom stereocenters. The van der Waals surface area contributed by atoms with Gasteiger partial charge in [0.25, 0.3) is 0 Å². The summed E-state index contributed by atoms with van der Waals surface area (Å²) in [5.41, 5.74) is 1.25. The van der Waals surface area contributed by atoms with Crippen molar-refractivity contribution in [1.29, 1.82) is 0 Å². The standard InChI is InChI=1S/C7H6.2HI.Ru/c1-7-5-3-2-4-6-7;;;/h1-6H;2*1H;. The van der Waals surface area contributed by atoms with Crippen LogP contribution in [0.15, 0.2) is 30.3 Å². The number of halogens is 2. The second-order valence-corrected chi connectivity index (χ2v) is 2.01. The van der Waals surface area contributed by atoms with Gasteiger partial charge in [-0.05, 0) is 0 Å². The molecule has 0 aliphatic heterocycles. The monoisotopic (exact) mass is 448 g/mol. The summed E-state index contributed by atoms with van der Waals surface area (Å²) in [6.07, 6.45) is 0. The van der Waals surface area contributed by atoms with E-state index in [1.54, 1.807) is 0 Å². The van der Waals surface area contributed by atoms with Gasteiger partial charge in [0.05, 0.1) is 0 Å². The van der Waals surface area contributed by atoms with E-state index in [2.05, 4.69) is 30.0 Å². The average molecular weight is 447 g/mol. The Morgan fingerprint density at radius 3 is 1.80 bits per heavy atom. The van der Waals surface area contributed by atoms with E-state index in [4.69, 9.17) is 0 Å². The molecule has 0 saturated carbocycles. The first-order valence-electron chi connectivity index (χ1n) is 2.40. The summed E-state index contributed by atoms with van der Waals surface area (Å²) in [6.45, 7) is 0. The molecule has 10 heavy (non-hydrogen) atoms. The Hall–Kier alpha value is 1.17. The Balaban J connectivity index is 0. The van der Waals surface area contributed by atoms with E-state index in [-0.39, 0.29) is 48.0 Å². The van der Waals surface area contributed by atoms with E-state index in [0.717, 1.165) is 0 Å². The van der Waals surface area contributed by atoms with E-state index >= 15 is 0 Å². The van der Waals surface area contributed by atoms with Gasteiger partial charge in [0.1, 0.15) is 0 Å². The molecule has 3 heteroatoms. The molecule has 0 fully saturated rings. The van der Waals surface area contributed by atoms with Gasteiger partial charge in [-0.1, -0.05) is 0 Å². The van der Waals surface area contributed by atoms with Gasteiger partial charge < -0.3 is 0 Å². The fraction of sp³-hybridized carbons (Fsp3) is 0. The van der Waals surface area contributed by atoms with Gasteiger partial charge in [-0.25, -0.2) is 0 Å². The Bertz CT molecular complexity index is 174. The third-order valence-corrected chi connectivity index (χ3v) is 1.50. The normalized spacial score (nSPS) is 6.90. The molecule has 0 aliphatic rings. The van der Waals surface area contributed by atoms with Gasteiger partial charge >= 0.3 is 58.4 Å². The van der Waals surface area contributed by atoms with Crippen molar-refractivity contribution in [3.8, 4) is 0 Å². The summed E-state index contributed by atoms with van der Waals surface area (Å²) in [7, 11) is 0. The molecule has 0 amide bonds. The molecule has 1 rings (SSSR count). The topological polar surface area (TPSA) is 0 Å². The van der Waals surface area contributed by atoms with Gasteiger partial charge in [0.2, 0.25) is 0 Å². The molecular formula is C7H8I2Ru. The van der Waals surface area contributed by atoms with Crippen LogP contribution in [0.5, 0.6) is 0 Å². The molecular weight excluding hydrogens is 439 g/mol. The van der Waals surface area contributed by atoms with Crippen molar-refractivity contribution in [3.63, 3.8) is 0 Å². The predicted molar refractivity (Wildman–Crippen MR) is 62.4 cm³/mol. The summed E-state index contributed by atoms with van der Waals surface area (Å²) in [4.78, 5) is 0. The van der Waals surface area contributed by atoms with Crippen LogP contribution >= 0.6 is 48.0 Å². The molecule has 0 aromatic heterocycles. The van der Waals surface area contributed by atoms with Crippen molar-refractivity contribution in [1.82, 2.24) is 0 Å². The number of benzene rings is 1. The molecule has 0 nitrogen and oxygen atoms in total. The van der Waals surface area contributed by atoms with Crippen LogP contribution in [0.1, 0.15) is 5.56 Å². The molecule has 58 valence electrons. The van der Waals surface area contributed by atoms with Crippen molar-refractivity contribution in [2.45, 2.75) is 0 Å². The van der Waals surface area contributed by atoms with E-state index in [0.29, 0.717) is 0 Å². The SMILES string of the molecule is I.I.[Ru]=[CH]c1ccccc1. The number of rotatable bonds is 1. The number of hydrogen-bond donors (Lipinski definition) is 0. The average Bonchev–Trinajstić information content (AvgIpc) is 1.90. The molecule has 0 radical (unpaired) electrons. The van der Waals surface area contributed by atoms with Crippen LogP contribution < -0.4 is 0 Å². The minimum absolute atomic E-state index is 0. The molecule has 0 N–H and O–H groups in total. The Labute approximate surface area is 105 Å². The Kier molecular flexibility index (Phi) is 11.4. The maximum absolute atomic E-state index is 2.48. The van der Waals surface area contributed by atoms with E-state index in [1.165, 1.54) is 5.56 Å². The van der Waals surface area contributed by atoms with Crippen molar-refractivity contribution in [2.24, 2.45) is 0 Å². The van der Waals surface area contributed by atoms with Crippen LogP contribution in [0.2, 0.25) is 0 Å². The summed E-state index contributed by atoms with van der Waals surface area (Å²) in [6, 6.07) is 10.2. The van der Waals surface area contributed by atoms with Gasteiger partial charge in [-0.3, -0.25) is 0 Å². The van der Waals surface area contributed by atoms with Crippen molar-refractivity contribution < 1.29 is 17.9 Å². The molecule has 0 bridgehead atoms. The zero-order chi connectivity index (χ0) is 5.82. The van der Waals surface area contributed by atoms with Crippen LogP contribution in [0.4, 0.5) is 0 Å². The van der Waals surface area contributed by atoms with Gasteiger partial charge in [0, 0.05) is 0 Å². The van der Waals surface area contributed by atoms with Gasteiger partial charge in [-0.15, -0.1) is 48.0 Å². The second-order valence-electron chi connectivity index (χ2n) is 1.51. The maximum atomic E-state index is 2.48. The first-order chi connectivity index (χ1) is 3.93. The Morgan fingerprint density at radius 1 is 1.00 bits per heavy atom. The third kappa shape index (κ3) is 4.91. The molecule has 1 aromatic rings. The Morgan fingerprint density at radius 2 is 1.50 bits per heavy atom. The van der Waals surface area contributed by atoms with Crippen LogP contribution in [0.25, 0.3) is 0 Å². The van der Waals surface area contributed by atoms with Crippen LogP contribution in [0, 0.1) is 0 Å². The first-order valence-corrected chi connectivity index (χ1v) is 3.41. The molecule has 1 aromatic carbocycles. The van der Waals surface area contributed by atoms with E-state index < -0.39 is 0 Å². The zero-order valence-electron chi connectivity index (χ0n) is 5.13. The van der Waals surface area contributed by atoms with Gasteiger partial charge in [-0.2, -0.15) is 0 Å². The number of hydrogen-bond acceptors (Lipinski definition) is 0. The molecule has 0 atom stereocenters. The molecule has 0 saturated heterocycles. The van der Waals surface area contributed by atoms with Gasteiger partial charge in [0.15, 0.2) is 0 Å². The van der Waals surface area contributed by atoms with Crippen LogP contribution in [0.3, 0.4) is 0 Å². The molecule has 0 heterocycles. The fourth-order valence-electron chi connectivity index (χ4n) is 0.521. The summed E-state index contributed by atoms with van der Waals surface area (Å²) in [5, 5.41) is 0. The van der Waals surface area contributed by atoms with E-state index in [9.17, 15) is 0 Å². The van der Waals surface area contributed by atoms with Crippen molar-refractivity contribution in [3.05, 3.63) is 35.9 Å². The minimum atomic E-state index is 0. The van der Waals surface area contributed by atoms with Crippen LogP contribution in [-0.4, -0.2) is 4.61 Å². The predicted octanol–water partition coefficient (Wildman–Crippen LogP) is 2.62. The van der Waals surface area contributed by atoms with Crippen molar-refractivity contribution in [2.75, 3.05) is 0 Å². The third-order valence-electron chi connectivity index (χ3n) is 0.917. The summed E-state index contributed by atoms with van der Waals surface area (Å²) in [5.74, 6) is 0. The zero-order valence-corrected chi connectivity index (χ0v) is 11.5. The second kappa shape index (κ2) is 8.27. The van der Waals surface area contributed by atoms with Crippen LogP contribution in [-0.2, 0) is 17.9 Å². The quantitative estimate of drug-likeness (QED) is 0.459. The summed E-state index contributed by atoms with van der Waals surface area (Å²) < 4.78 is 2.01. The molecule has 0 spiro atoms.